The van der Waals surface area contributed by atoms with E-state index in [9.17, 15) is 4.79 Å². The van der Waals surface area contributed by atoms with Gasteiger partial charge in [0.25, 0.3) is 0 Å². The van der Waals surface area contributed by atoms with Gasteiger partial charge in [-0.1, -0.05) is 15.9 Å². The maximum atomic E-state index is 11.3. The minimum Gasteiger partial charge on any atom is -0.457 e. The fourth-order valence-electron chi connectivity index (χ4n) is 1.65. The second-order valence-electron chi connectivity index (χ2n) is 3.65. The summed E-state index contributed by atoms with van der Waals surface area (Å²) in [5.41, 5.74) is 0. The van der Waals surface area contributed by atoms with Crippen LogP contribution in [0.3, 0.4) is 0 Å². The van der Waals surface area contributed by atoms with Crippen molar-refractivity contribution < 1.29 is 19.0 Å². The Kier molecular flexibility index (Phi) is 2.13. The molecule has 2 saturated heterocycles. The number of carbonyl (C=O) groups is 1. The molecule has 0 amide bonds. The van der Waals surface area contributed by atoms with Crippen LogP contribution in [0.5, 0.6) is 0 Å². The van der Waals surface area contributed by atoms with E-state index in [-0.39, 0.29) is 18.2 Å². The van der Waals surface area contributed by atoms with Crippen LogP contribution < -0.4 is 0 Å². The Morgan fingerprint density at radius 2 is 2.15 bits per heavy atom. The number of carbonyl (C=O) groups excluding carboxylic acids is 1. The zero-order valence-electron chi connectivity index (χ0n) is 7.45. The first-order valence-corrected chi connectivity index (χ1v) is 5.28. The molecule has 0 radical (unpaired) electrons. The molecule has 2 rings (SSSR count). The third kappa shape index (κ3) is 1.49. The topological polar surface area (TPSA) is 44.8 Å². The van der Waals surface area contributed by atoms with Crippen molar-refractivity contribution in [3.63, 3.8) is 0 Å². The number of hydrogen-bond donors (Lipinski definition) is 0. The highest BCUT2D eigenvalue weighted by atomic mass is 79.9. The fraction of sp³-hybridized carbons (Fsp3) is 0.875. The molecule has 0 aliphatic carbocycles. The van der Waals surface area contributed by atoms with Crippen molar-refractivity contribution in [2.24, 2.45) is 0 Å². The van der Waals surface area contributed by atoms with E-state index in [1.165, 1.54) is 0 Å². The van der Waals surface area contributed by atoms with Crippen molar-refractivity contribution in [2.75, 3.05) is 5.33 Å². The zero-order chi connectivity index (χ0) is 9.64. The molecule has 0 spiro atoms. The van der Waals surface area contributed by atoms with Gasteiger partial charge in [-0.3, -0.25) is 0 Å². The van der Waals surface area contributed by atoms with Crippen LogP contribution in [-0.2, 0) is 19.0 Å². The summed E-state index contributed by atoms with van der Waals surface area (Å²) in [6, 6.07) is 0. The van der Waals surface area contributed by atoms with Gasteiger partial charge in [0.05, 0.1) is 0 Å². The highest BCUT2D eigenvalue weighted by Crippen LogP contribution is 2.36. The van der Waals surface area contributed by atoms with E-state index in [1.54, 1.807) is 13.8 Å². The predicted molar refractivity (Wildman–Crippen MR) is 47.5 cm³/mol. The summed E-state index contributed by atoms with van der Waals surface area (Å²) in [7, 11) is 0. The van der Waals surface area contributed by atoms with Crippen molar-refractivity contribution in [1.82, 2.24) is 0 Å². The SMILES string of the molecule is CC1(C)OC2C(=O)O[C@H](CBr)[C@@H]2O1. The molecule has 2 aliphatic heterocycles. The Morgan fingerprint density at radius 1 is 1.46 bits per heavy atom. The summed E-state index contributed by atoms with van der Waals surface area (Å²) in [6.45, 7) is 3.59. The Hall–Kier alpha value is -0.130. The molecule has 0 aromatic rings. The summed E-state index contributed by atoms with van der Waals surface area (Å²) in [5, 5.41) is 0.583. The van der Waals surface area contributed by atoms with Crippen LogP contribution in [-0.4, -0.2) is 35.4 Å². The molecular formula is C8H11BrO4. The van der Waals surface area contributed by atoms with Crippen LogP contribution in [0, 0.1) is 0 Å². The molecular weight excluding hydrogens is 240 g/mol. The van der Waals surface area contributed by atoms with Gasteiger partial charge < -0.3 is 14.2 Å². The van der Waals surface area contributed by atoms with Crippen LogP contribution in [0.1, 0.15) is 13.8 Å². The molecule has 1 unspecified atom stereocenters. The van der Waals surface area contributed by atoms with Gasteiger partial charge in [0.15, 0.2) is 11.9 Å². The molecule has 0 saturated carbocycles. The van der Waals surface area contributed by atoms with Gasteiger partial charge in [0.2, 0.25) is 0 Å². The summed E-state index contributed by atoms with van der Waals surface area (Å²) in [5.74, 6) is -0.991. The molecule has 5 heteroatoms. The van der Waals surface area contributed by atoms with Crippen molar-refractivity contribution in [3.8, 4) is 0 Å². The van der Waals surface area contributed by atoms with E-state index >= 15 is 0 Å². The minimum absolute atomic E-state index is 0.223. The predicted octanol–water partition coefficient (Wildman–Crippen LogP) is 0.827. The standard InChI is InChI=1S/C8H11BrO4/c1-8(2)12-5-4(3-9)11-7(10)6(5)13-8/h4-6H,3H2,1-2H3/t4-,5+,6?/m1/s1. The van der Waals surface area contributed by atoms with Gasteiger partial charge >= 0.3 is 5.97 Å². The third-order valence-corrected chi connectivity index (χ3v) is 2.79. The van der Waals surface area contributed by atoms with E-state index in [0.29, 0.717) is 5.33 Å². The summed E-state index contributed by atoms with van der Waals surface area (Å²) >= 11 is 3.26. The summed E-state index contributed by atoms with van der Waals surface area (Å²) in [6.07, 6.45) is -1.03. The maximum Gasteiger partial charge on any atom is 0.338 e. The van der Waals surface area contributed by atoms with Crippen molar-refractivity contribution in [1.29, 1.82) is 0 Å². The van der Waals surface area contributed by atoms with Gasteiger partial charge in [0.1, 0.15) is 12.2 Å². The van der Waals surface area contributed by atoms with Crippen molar-refractivity contribution >= 4 is 21.9 Å². The fourth-order valence-corrected chi connectivity index (χ4v) is 2.15. The second-order valence-corrected chi connectivity index (χ2v) is 4.30. The number of rotatable bonds is 1. The van der Waals surface area contributed by atoms with Crippen LogP contribution in [0.2, 0.25) is 0 Å². The van der Waals surface area contributed by atoms with Crippen molar-refractivity contribution in [2.45, 2.75) is 37.9 Å². The van der Waals surface area contributed by atoms with Crippen LogP contribution in [0.25, 0.3) is 0 Å². The average molecular weight is 251 g/mol. The van der Waals surface area contributed by atoms with E-state index in [1.807, 2.05) is 0 Å². The second kappa shape index (κ2) is 2.93. The van der Waals surface area contributed by atoms with Crippen LogP contribution >= 0.6 is 15.9 Å². The lowest BCUT2D eigenvalue weighted by molar-refractivity contribution is -0.185. The van der Waals surface area contributed by atoms with E-state index in [4.69, 9.17) is 14.2 Å². The first-order valence-electron chi connectivity index (χ1n) is 4.15. The Morgan fingerprint density at radius 3 is 2.77 bits per heavy atom. The lowest BCUT2D eigenvalue weighted by Crippen LogP contribution is -2.30. The van der Waals surface area contributed by atoms with E-state index in [0.717, 1.165) is 0 Å². The molecule has 3 atom stereocenters. The number of alkyl halides is 1. The molecule has 0 bridgehead atoms. The molecule has 0 N–H and O–H groups in total. The van der Waals surface area contributed by atoms with Crippen LogP contribution in [0.15, 0.2) is 0 Å². The molecule has 0 aromatic carbocycles. The third-order valence-electron chi connectivity index (χ3n) is 2.15. The molecule has 0 aromatic heterocycles. The minimum atomic E-state index is -0.671. The monoisotopic (exact) mass is 250 g/mol. The Balaban J connectivity index is 2.17. The van der Waals surface area contributed by atoms with Gasteiger partial charge in [-0.05, 0) is 13.8 Å². The molecule has 74 valence electrons. The maximum absolute atomic E-state index is 11.3. The number of fused-ring (bicyclic) bond motifs is 1. The molecule has 2 heterocycles. The highest BCUT2D eigenvalue weighted by Gasteiger charge is 2.55. The van der Waals surface area contributed by atoms with Gasteiger partial charge in [-0.2, -0.15) is 0 Å². The molecule has 2 aliphatic rings. The number of cyclic esters (lactones) is 1. The van der Waals surface area contributed by atoms with Crippen molar-refractivity contribution in [3.05, 3.63) is 0 Å². The van der Waals surface area contributed by atoms with E-state index in [2.05, 4.69) is 15.9 Å². The molecule has 4 nitrogen and oxygen atoms in total. The molecule has 13 heavy (non-hydrogen) atoms. The normalized spacial score (nSPS) is 41.8. The Labute approximate surface area is 84.7 Å². The van der Waals surface area contributed by atoms with Gasteiger partial charge in [0, 0.05) is 5.33 Å². The van der Waals surface area contributed by atoms with Gasteiger partial charge in [-0.15, -0.1) is 0 Å². The zero-order valence-corrected chi connectivity index (χ0v) is 9.04. The van der Waals surface area contributed by atoms with E-state index < -0.39 is 11.9 Å². The smallest absolute Gasteiger partial charge is 0.338 e. The summed E-state index contributed by atoms with van der Waals surface area (Å²) in [4.78, 5) is 11.3. The lowest BCUT2D eigenvalue weighted by Gasteiger charge is -2.20. The first-order chi connectivity index (χ1) is 6.03. The number of hydrogen-bond acceptors (Lipinski definition) is 4. The number of esters is 1. The highest BCUT2D eigenvalue weighted by molar-refractivity contribution is 9.09. The summed E-state index contributed by atoms with van der Waals surface area (Å²) < 4.78 is 16.0. The average Bonchev–Trinajstić information content (AvgIpc) is 2.47. The number of ether oxygens (including phenoxy) is 3. The van der Waals surface area contributed by atoms with Crippen LogP contribution in [0.4, 0.5) is 0 Å². The first kappa shape index (κ1) is 9.43. The lowest BCUT2D eigenvalue weighted by atomic mass is 10.2. The largest absolute Gasteiger partial charge is 0.457 e. The quantitative estimate of drug-likeness (QED) is 0.511. The molecule has 2 fully saturated rings. The Bertz CT molecular complexity index is 240. The van der Waals surface area contributed by atoms with Gasteiger partial charge in [-0.25, -0.2) is 4.79 Å². The number of halogens is 1.